The van der Waals surface area contributed by atoms with Crippen LogP contribution in [0.5, 0.6) is 11.5 Å². The Morgan fingerprint density at radius 1 is 1.18 bits per heavy atom. The van der Waals surface area contributed by atoms with E-state index in [1.54, 1.807) is 0 Å². The number of pyridine rings is 1. The number of ether oxygens (including phenoxy) is 1. The van der Waals surface area contributed by atoms with Crippen LogP contribution in [0.2, 0.25) is 0 Å². The summed E-state index contributed by atoms with van der Waals surface area (Å²) in [6.45, 7) is 3.85. The lowest BCUT2D eigenvalue weighted by Crippen LogP contribution is -2.26. The Morgan fingerprint density at radius 3 is 2.64 bits per heavy atom. The molecule has 1 aliphatic rings. The largest absolute Gasteiger partial charge is 0.456 e. The molecule has 1 aromatic heterocycles. The summed E-state index contributed by atoms with van der Waals surface area (Å²) >= 11 is 0. The Balaban J connectivity index is 1.79. The second kappa shape index (κ2) is 5.61. The van der Waals surface area contributed by atoms with Gasteiger partial charge in [-0.1, -0.05) is 13.0 Å². The Kier molecular flexibility index (Phi) is 3.78. The number of fused-ring (bicyclic) bond motifs is 1. The van der Waals surface area contributed by atoms with Crippen molar-refractivity contribution in [3.8, 4) is 11.5 Å². The maximum atomic E-state index is 12.5. The van der Waals surface area contributed by atoms with Gasteiger partial charge in [0.25, 0.3) is 0 Å². The lowest BCUT2D eigenvalue weighted by Gasteiger charge is -2.23. The lowest BCUT2D eigenvalue weighted by atomic mass is 9.92. The molecular formula is C16H15F3N2O. The summed E-state index contributed by atoms with van der Waals surface area (Å²) in [5.74, 6) is 1.31. The van der Waals surface area contributed by atoms with Gasteiger partial charge in [0.2, 0.25) is 0 Å². The number of aromatic nitrogens is 1. The molecule has 22 heavy (non-hydrogen) atoms. The summed E-state index contributed by atoms with van der Waals surface area (Å²) in [6.07, 6.45) is -3.35. The van der Waals surface area contributed by atoms with Crippen LogP contribution in [0.3, 0.4) is 0 Å². The fraction of sp³-hybridized carbons (Fsp3) is 0.312. The van der Waals surface area contributed by atoms with E-state index >= 15 is 0 Å². The number of nitrogens with zero attached hydrogens (tertiary/aromatic N) is 1. The number of rotatable bonds is 2. The smallest absolute Gasteiger partial charge is 0.433 e. The van der Waals surface area contributed by atoms with E-state index in [0.29, 0.717) is 11.7 Å². The van der Waals surface area contributed by atoms with Crippen LogP contribution in [0.4, 0.5) is 13.2 Å². The van der Waals surface area contributed by atoms with Crippen LogP contribution >= 0.6 is 0 Å². The highest BCUT2D eigenvalue weighted by Gasteiger charge is 2.32. The molecule has 1 N–H and O–H groups in total. The maximum Gasteiger partial charge on any atom is 0.433 e. The average Bonchev–Trinajstić information content (AvgIpc) is 2.47. The van der Waals surface area contributed by atoms with Crippen molar-refractivity contribution in [1.82, 2.24) is 10.3 Å². The molecule has 0 bridgehead atoms. The fourth-order valence-electron chi connectivity index (χ4n) is 2.56. The standard InChI is InChI=1S/C16H15F3N2O/c1-10-7-20-8-11-6-12(2-4-14(10)11)22-13-3-5-15(21-9-13)16(17,18)19/h2-6,9-10,20H,7-8H2,1H3. The highest BCUT2D eigenvalue weighted by Crippen LogP contribution is 2.31. The van der Waals surface area contributed by atoms with Gasteiger partial charge in [-0.2, -0.15) is 13.2 Å². The number of hydrogen-bond donors (Lipinski definition) is 1. The first-order chi connectivity index (χ1) is 10.4. The SMILES string of the molecule is CC1CNCc2cc(Oc3ccc(C(F)(F)F)nc3)ccc21. The molecule has 6 heteroatoms. The Labute approximate surface area is 126 Å². The van der Waals surface area contributed by atoms with Crippen LogP contribution in [-0.2, 0) is 12.7 Å². The molecule has 0 fully saturated rings. The summed E-state index contributed by atoms with van der Waals surface area (Å²) in [7, 11) is 0. The van der Waals surface area contributed by atoms with E-state index < -0.39 is 11.9 Å². The highest BCUT2D eigenvalue weighted by atomic mass is 19.4. The van der Waals surface area contributed by atoms with Gasteiger partial charge in [0.05, 0.1) is 6.20 Å². The molecule has 0 spiro atoms. The zero-order valence-corrected chi connectivity index (χ0v) is 11.9. The summed E-state index contributed by atoms with van der Waals surface area (Å²) in [5, 5.41) is 3.31. The van der Waals surface area contributed by atoms with Crippen LogP contribution < -0.4 is 10.1 Å². The van der Waals surface area contributed by atoms with Gasteiger partial charge >= 0.3 is 6.18 Å². The van der Waals surface area contributed by atoms with Crippen LogP contribution in [0.15, 0.2) is 36.5 Å². The van der Waals surface area contributed by atoms with E-state index in [-0.39, 0.29) is 5.75 Å². The minimum absolute atomic E-state index is 0.282. The first-order valence-corrected chi connectivity index (χ1v) is 6.98. The Hall–Kier alpha value is -2.08. The van der Waals surface area contributed by atoms with E-state index in [2.05, 4.69) is 17.2 Å². The normalized spacial score (nSPS) is 17.9. The molecule has 1 unspecified atom stereocenters. The highest BCUT2D eigenvalue weighted by molar-refractivity contribution is 5.41. The van der Waals surface area contributed by atoms with E-state index in [4.69, 9.17) is 4.74 Å². The predicted octanol–water partition coefficient (Wildman–Crippen LogP) is 4.10. The first-order valence-electron chi connectivity index (χ1n) is 6.98. The van der Waals surface area contributed by atoms with Crippen LogP contribution in [0, 0.1) is 0 Å². The molecule has 2 heterocycles. The summed E-state index contributed by atoms with van der Waals surface area (Å²) in [6, 6.07) is 7.94. The fourth-order valence-corrected chi connectivity index (χ4v) is 2.56. The first kappa shape index (κ1) is 14.8. The summed E-state index contributed by atoms with van der Waals surface area (Å²) in [5.41, 5.74) is 1.50. The second-order valence-corrected chi connectivity index (χ2v) is 5.37. The molecule has 0 saturated carbocycles. The van der Waals surface area contributed by atoms with Crippen molar-refractivity contribution in [2.24, 2.45) is 0 Å². The van der Waals surface area contributed by atoms with E-state index in [0.717, 1.165) is 30.9 Å². The second-order valence-electron chi connectivity index (χ2n) is 5.37. The molecule has 3 rings (SSSR count). The van der Waals surface area contributed by atoms with Gasteiger partial charge in [-0.25, -0.2) is 4.98 Å². The van der Waals surface area contributed by atoms with E-state index in [1.165, 1.54) is 11.6 Å². The van der Waals surface area contributed by atoms with Crippen molar-refractivity contribution in [3.05, 3.63) is 53.3 Å². The molecule has 3 nitrogen and oxygen atoms in total. The van der Waals surface area contributed by atoms with Crippen molar-refractivity contribution in [2.75, 3.05) is 6.54 Å². The van der Waals surface area contributed by atoms with Crippen LogP contribution in [0.25, 0.3) is 0 Å². The van der Waals surface area contributed by atoms with E-state index in [1.807, 2.05) is 18.2 Å². The average molecular weight is 308 g/mol. The molecule has 2 aromatic rings. The van der Waals surface area contributed by atoms with Crippen LogP contribution in [-0.4, -0.2) is 11.5 Å². The molecule has 1 aromatic carbocycles. The zero-order chi connectivity index (χ0) is 15.7. The van der Waals surface area contributed by atoms with Gasteiger partial charge in [-0.05, 0) is 41.3 Å². The van der Waals surface area contributed by atoms with Gasteiger partial charge in [-0.15, -0.1) is 0 Å². The monoisotopic (exact) mass is 308 g/mol. The molecule has 0 aliphatic carbocycles. The third-order valence-electron chi connectivity index (χ3n) is 3.67. The molecule has 0 radical (unpaired) electrons. The number of benzene rings is 1. The number of nitrogens with one attached hydrogen (secondary N) is 1. The van der Waals surface area contributed by atoms with Crippen molar-refractivity contribution < 1.29 is 17.9 Å². The quantitative estimate of drug-likeness (QED) is 0.907. The molecule has 0 saturated heterocycles. The molecular weight excluding hydrogens is 293 g/mol. The molecule has 1 atom stereocenters. The topological polar surface area (TPSA) is 34.1 Å². The predicted molar refractivity (Wildman–Crippen MR) is 75.9 cm³/mol. The van der Waals surface area contributed by atoms with Crippen molar-refractivity contribution in [2.45, 2.75) is 25.6 Å². The Morgan fingerprint density at radius 2 is 1.95 bits per heavy atom. The van der Waals surface area contributed by atoms with Gasteiger partial charge in [0, 0.05) is 13.1 Å². The number of alkyl halides is 3. The molecule has 0 amide bonds. The third kappa shape index (κ3) is 3.06. The third-order valence-corrected chi connectivity index (χ3v) is 3.67. The maximum absolute atomic E-state index is 12.5. The minimum atomic E-state index is -4.44. The van der Waals surface area contributed by atoms with Gasteiger partial charge < -0.3 is 10.1 Å². The van der Waals surface area contributed by atoms with E-state index in [9.17, 15) is 13.2 Å². The van der Waals surface area contributed by atoms with Gasteiger partial charge in [0.15, 0.2) is 0 Å². The summed E-state index contributed by atoms with van der Waals surface area (Å²) in [4.78, 5) is 3.38. The summed E-state index contributed by atoms with van der Waals surface area (Å²) < 4.78 is 43.0. The number of hydrogen-bond acceptors (Lipinski definition) is 3. The minimum Gasteiger partial charge on any atom is -0.456 e. The molecule has 1 aliphatic heterocycles. The van der Waals surface area contributed by atoms with Crippen molar-refractivity contribution in [1.29, 1.82) is 0 Å². The zero-order valence-electron chi connectivity index (χ0n) is 11.9. The van der Waals surface area contributed by atoms with Crippen molar-refractivity contribution in [3.63, 3.8) is 0 Å². The number of halogens is 3. The lowest BCUT2D eigenvalue weighted by molar-refractivity contribution is -0.141. The van der Waals surface area contributed by atoms with Gasteiger partial charge in [-0.3, -0.25) is 0 Å². The Bertz CT molecular complexity index is 668. The molecule has 116 valence electrons. The van der Waals surface area contributed by atoms with Gasteiger partial charge in [0.1, 0.15) is 17.2 Å². The van der Waals surface area contributed by atoms with Crippen LogP contribution in [0.1, 0.15) is 29.7 Å². The van der Waals surface area contributed by atoms with Crippen molar-refractivity contribution >= 4 is 0 Å².